The molecule has 1 aromatic carbocycles. The number of carbonyl (C=O) groups excluding carboxylic acids is 1. The summed E-state index contributed by atoms with van der Waals surface area (Å²) in [7, 11) is 1.95. The highest BCUT2D eigenvalue weighted by atomic mass is 16.5. The largest absolute Gasteiger partial charge is 0.373 e. The van der Waals surface area contributed by atoms with Crippen LogP contribution in [-0.4, -0.2) is 67.2 Å². The van der Waals surface area contributed by atoms with Crippen molar-refractivity contribution in [2.45, 2.75) is 51.5 Å². The van der Waals surface area contributed by atoms with E-state index in [0.29, 0.717) is 6.04 Å². The van der Waals surface area contributed by atoms with E-state index in [9.17, 15) is 4.79 Å². The molecule has 25 heavy (non-hydrogen) atoms. The standard InChI is InChI=1S/C20H31N3O2/c1-15-12-22(13-16(2)25-15)14-17-6-8-18(9-7-17)20(24)23-10-4-5-19(23)11-21-3/h6-9,15-16,19,21H,4-5,10-14H2,1-3H3/t15-,16-,19+/m1/s1. The van der Waals surface area contributed by atoms with E-state index in [-0.39, 0.29) is 18.1 Å². The van der Waals surface area contributed by atoms with Gasteiger partial charge in [-0.25, -0.2) is 0 Å². The molecule has 2 saturated heterocycles. The predicted molar refractivity (Wildman–Crippen MR) is 99.7 cm³/mol. The molecule has 0 unspecified atom stereocenters. The first-order valence-electron chi connectivity index (χ1n) is 9.49. The van der Waals surface area contributed by atoms with Gasteiger partial charge in [0.25, 0.3) is 5.91 Å². The zero-order valence-corrected chi connectivity index (χ0v) is 15.7. The smallest absolute Gasteiger partial charge is 0.254 e. The Kier molecular flexibility index (Phi) is 6.10. The lowest BCUT2D eigenvalue weighted by Gasteiger charge is -2.35. The minimum atomic E-state index is 0.165. The molecule has 5 heteroatoms. The maximum atomic E-state index is 12.8. The third-order valence-corrected chi connectivity index (χ3v) is 5.18. The predicted octanol–water partition coefficient (Wildman–Crippen LogP) is 2.12. The van der Waals surface area contributed by atoms with E-state index < -0.39 is 0 Å². The lowest BCUT2D eigenvalue weighted by Crippen LogP contribution is -2.44. The van der Waals surface area contributed by atoms with Crippen molar-refractivity contribution in [3.8, 4) is 0 Å². The van der Waals surface area contributed by atoms with Crippen molar-refractivity contribution >= 4 is 5.91 Å². The molecule has 1 aromatic rings. The molecule has 0 saturated carbocycles. The average molecular weight is 345 g/mol. The number of carbonyl (C=O) groups is 1. The Morgan fingerprint density at radius 1 is 1.20 bits per heavy atom. The van der Waals surface area contributed by atoms with Crippen molar-refractivity contribution in [2.75, 3.05) is 33.2 Å². The quantitative estimate of drug-likeness (QED) is 0.888. The first-order valence-corrected chi connectivity index (χ1v) is 9.49. The van der Waals surface area contributed by atoms with Crippen molar-refractivity contribution in [2.24, 2.45) is 0 Å². The molecule has 0 aliphatic carbocycles. The number of nitrogens with zero attached hydrogens (tertiary/aromatic N) is 2. The summed E-state index contributed by atoms with van der Waals surface area (Å²) in [5.41, 5.74) is 2.06. The van der Waals surface area contributed by atoms with Crippen molar-refractivity contribution in [1.82, 2.24) is 15.1 Å². The van der Waals surface area contributed by atoms with Gasteiger partial charge in [-0.1, -0.05) is 12.1 Å². The molecule has 1 amide bonds. The molecule has 138 valence electrons. The third-order valence-electron chi connectivity index (χ3n) is 5.18. The number of nitrogens with one attached hydrogen (secondary N) is 1. The van der Waals surface area contributed by atoms with Crippen molar-refractivity contribution in [3.05, 3.63) is 35.4 Å². The molecule has 3 rings (SSSR count). The fourth-order valence-corrected chi connectivity index (χ4v) is 4.14. The van der Waals surface area contributed by atoms with Crippen LogP contribution in [0.25, 0.3) is 0 Å². The van der Waals surface area contributed by atoms with Crippen molar-refractivity contribution in [3.63, 3.8) is 0 Å². The van der Waals surface area contributed by atoms with Gasteiger partial charge in [-0.3, -0.25) is 9.69 Å². The highest BCUT2D eigenvalue weighted by molar-refractivity contribution is 5.94. The van der Waals surface area contributed by atoms with Gasteiger partial charge in [-0.05, 0) is 51.4 Å². The van der Waals surface area contributed by atoms with E-state index in [0.717, 1.165) is 51.1 Å². The van der Waals surface area contributed by atoms with Crippen molar-refractivity contribution in [1.29, 1.82) is 0 Å². The van der Waals surface area contributed by atoms with Gasteiger partial charge in [0.05, 0.1) is 12.2 Å². The number of hydrogen-bond donors (Lipinski definition) is 1. The van der Waals surface area contributed by atoms with Gasteiger partial charge in [0, 0.05) is 44.3 Å². The van der Waals surface area contributed by atoms with Crippen LogP contribution >= 0.6 is 0 Å². The molecule has 1 N–H and O–H groups in total. The molecule has 2 fully saturated rings. The third kappa shape index (κ3) is 4.60. The summed E-state index contributed by atoms with van der Waals surface area (Å²) in [4.78, 5) is 17.2. The number of hydrogen-bond acceptors (Lipinski definition) is 4. The van der Waals surface area contributed by atoms with Crippen LogP contribution in [0.4, 0.5) is 0 Å². The van der Waals surface area contributed by atoms with Crippen LogP contribution in [0.2, 0.25) is 0 Å². The number of likely N-dealkylation sites (N-methyl/N-ethyl adjacent to an activating group) is 1. The minimum Gasteiger partial charge on any atom is -0.373 e. The lowest BCUT2D eigenvalue weighted by atomic mass is 10.1. The van der Waals surface area contributed by atoms with E-state index in [1.54, 1.807) is 0 Å². The van der Waals surface area contributed by atoms with Crippen LogP contribution in [-0.2, 0) is 11.3 Å². The molecule has 3 atom stereocenters. The van der Waals surface area contributed by atoms with Crippen LogP contribution in [0.5, 0.6) is 0 Å². The number of benzene rings is 1. The highest BCUT2D eigenvalue weighted by Gasteiger charge is 2.28. The molecule has 2 heterocycles. The maximum Gasteiger partial charge on any atom is 0.254 e. The lowest BCUT2D eigenvalue weighted by molar-refractivity contribution is -0.0704. The first kappa shape index (κ1) is 18.4. The molecule has 2 aliphatic heterocycles. The molecule has 5 nitrogen and oxygen atoms in total. The fourth-order valence-electron chi connectivity index (χ4n) is 4.14. The molecule has 0 aromatic heterocycles. The van der Waals surface area contributed by atoms with Gasteiger partial charge in [0.2, 0.25) is 0 Å². The Morgan fingerprint density at radius 2 is 1.88 bits per heavy atom. The molecular weight excluding hydrogens is 314 g/mol. The highest BCUT2D eigenvalue weighted by Crippen LogP contribution is 2.20. The minimum absolute atomic E-state index is 0.165. The first-order chi connectivity index (χ1) is 12.1. The second-order valence-electron chi connectivity index (χ2n) is 7.50. The van der Waals surface area contributed by atoms with Crippen LogP contribution in [0.3, 0.4) is 0 Å². The van der Waals surface area contributed by atoms with Crippen LogP contribution < -0.4 is 5.32 Å². The van der Waals surface area contributed by atoms with Gasteiger partial charge in [-0.15, -0.1) is 0 Å². The average Bonchev–Trinajstić information content (AvgIpc) is 3.02. The Morgan fingerprint density at radius 3 is 2.52 bits per heavy atom. The van der Waals surface area contributed by atoms with Gasteiger partial charge in [0.1, 0.15) is 0 Å². The molecule has 0 radical (unpaired) electrons. The van der Waals surface area contributed by atoms with E-state index in [1.807, 2.05) is 24.1 Å². The van der Waals surface area contributed by atoms with Crippen LogP contribution in [0.15, 0.2) is 24.3 Å². The summed E-state index contributed by atoms with van der Waals surface area (Å²) >= 11 is 0. The number of ether oxygens (including phenoxy) is 1. The summed E-state index contributed by atoms with van der Waals surface area (Å²) in [6, 6.07) is 8.50. The number of amides is 1. The van der Waals surface area contributed by atoms with E-state index >= 15 is 0 Å². The summed E-state index contributed by atoms with van der Waals surface area (Å²) in [6.07, 6.45) is 2.76. The second kappa shape index (κ2) is 8.30. The normalized spacial score (nSPS) is 27.6. The van der Waals surface area contributed by atoms with E-state index in [2.05, 4.69) is 36.2 Å². The Labute approximate surface area is 151 Å². The molecule has 0 spiro atoms. The summed E-state index contributed by atoms with van der Waals surface area (Å²) in [5, 5.41) is 3.20. The van der Waals surface area contributed by atoms with Gasteiger partial charge >= 0.3 is 0 Å². The molecule has 2 aliphatic rings. The van der Waals surface area contributed by atoms with Crippen molar-refractivity contribution < 1.29 is 9.53 Å². The second-order valence-corrected chi connectivity index (χ2v) is 7.50. The molecular formula is C20H31N3O2. The van der Waals surface area contributed by atoms with Gasteiger partial charge in [0.15, 0.2) is 0 Å². The zero-order chi connectivity index (χ0) is 17.8. The van der Waals surface area contributed by atoms with E-state index in [4.69, 9.17) is 4.74 Å². The summed E-state index contributed by atoms with van der Waals surface area (Å²) < 4.78 is 5.79. The fraction of sp³-hybridized carbons (Fsp3) is 0.650. The number of likely N-dealkylation sites (tertiary alicyclic amines) is 1. The monoisotopic (exact) mass is 345 g/mol. The maximum absolute atomic E-state index is 12.8. The van der Waals surface area contributed by atoms with Gasteiger partial charge in [-0.2, -0.15) is 0 Å². The van der Waals surface area contributed by atoms with Gasteiger partial charge < -0.3 is 15.0 Å². The summed E-state index contributed by atoms with van der Waals surface area (Å²) in [6.45, 7) is 8.84. The number of rotatable bonds is 5. The Hall–Kier alpha value is -1.43. The SMILES string of the molecule is CNC[C@@H]1CCCN1C(=O)c1ccc(CN2C[C@@H](C)O[C@H](C)C2)cc1. The Bertz CT molecular complexity index is 565. The topological polar surface area (TPSA) is 44.8 Å². The van der Waals surface area contributed by atoms with E-state index in [1.165, 1.54) is 5.56 Å². The number of morpholine rings is 1. The van der Waals surface area contributed by atoms with Crippen LogP contribution in [0, 0.1) is 0 Å². The Balaban J connectivity index is 1.61. The molecule has 0 bridgehead atoms. The zero-order valence-electron chi connectivity index (χ0n) is 15.7. The van der Waals surface area contributed by atoms with Crippen LogP contribution in [0.1, 0.15) is 42.6 Å². The summed E-state index contributed by atoms with van der Waals surface area (Å²) in [5.74, 6) is 0.165.